The van der Waals surface area contributed by atoms with Gasteiger partial charge in [-0.2, -0.15) is 14.6 Å². The third-order valence-electron chi connectivity index (χ3n) is 2.10. The van der Waals surface area contributed by atoms with Gasteiger partial charge in [0, 0.05) is 6.54 Å². The Morgan fingerprint density at radius 2 is 2.47 bits per heavy atom. The van der Waals surface area contributed by atoms with Crippen LogP contribution in [0.3, 0.4) is 0 Å². The molecule has 15 heavy (non-hydrogen) atoms. The van der Waals surface area contributed by atoms with Crippen molar-refractivity contribution >= 4 is 11.8 Å². The van der Waals surface area contributed by atoms with Crippen LogP contribution in [0.5, 0.6) is 0 Å². The third kappa shape index (κ3) is 1.58. The van der Waals surface area contributed by atoms with Crippen LogP contribution >= 0.6 is 0 Å². The Hall–Kier alpha value is -1.85. The van der Waals surface area contributed by atoms with Crippen LogP contribution in [0.4, 0.5) is 0 Å². The quantitative estimate of drug-likeness (QED) is 0.808. The van der Waals surface area contributed by atoms with Gasteiger partial charge < -0.3 is 9.73 Å². The monoisotopic (exact) mass is 208 g/mol. The van der Waals surface area contributed by atoms with Gasteiger partial charge in [-0.05, 0) is 13.3 Å². The Morgan fingerprint density at radius 3 is 3.13 bits per heavy atom. The molecule has 0 aliphatic rings. The van der Waals surface area contributed by atoms with Crippen molar-refractivity contribution in [2.75, 3.05) is 6.54 Å². The van der Waals surface area contributed by atoms with Crippen molar-refractivity contribution in [2.24, 2.45) is 0 Å². The van der Waals surface area contributed by atoms with Crippen molar-refractivity contribution in [3.8, 4) is 0 Å². The Kier molecular flexibility index (Phi) is 2.40. The summed E-state index contributed by atoms with van der Waals surface area (Å²) in [5, 5.41) is 6.67. The highest BCUT2D eigenvalue weighted by Gasteiger charge is 2.18. The summed E-state index contributed by atoms with van der Waals surface area (Å²) in [6, 6.07) is 0. The summed E-state index contributed by atoms with van der Waals surface area (Å²) in [6.07, 6.45) is 2.28. The fraction of sp³-hybridized carbons (Fsp3) is 0.444. The Balaban J connectivity index is 2.31. The van der Waals surface area contributed by atoms with Gasteiger partial charge in [0.15, 0.2) is 0 Å². The topological polar surface area (TPSA) is 72.4 Å². The minimum atomic E-state index is -0.221. The number of carbonyl (C=O) groups excluding carboxylic acids is 1. The average Bonchev–Trinajstić information content (AvgIpc) is 2.78. The van der Waals surface area contributed by atoms with Gasteiger partial charge in [0.25, 0.3) is 5.91 Å². The lowest BCUT2D eigenvalue weighted by atomic mass is 10.3. The zero-order chi connectivity index (χ0) is 10.8. The normalized spacial score (nSPS) is 10.8. The molecule has 0 fully saturated rings. The van der Waals surface area contributed by atoms with Gasteiger partial charge >= 0.3 is 5.84 Å². The van der Waals surface area contributed by atoms with E-state index < -0.39 is 0 Å². The average molecular weight is 208 g/mol. The summed E-state index contributed by atoms with van der Waals surface area (Å²) in [5.41, 5.74) is 0.663. The minimum absolute atomic E-state index is 0.221. The molecule has 0 aliphatic carbocycles. The third-order valence-corrected chi connectivity index (χ3v) is 2.10. The van der Waals surface area contributed by atoms with Gasteiger partial charge in [0.2, 0.25) is 5.76 Å². The second kappa shape index (κ2) is 3.72. The minimum Gasteiger partial charge on any atom is -0.416 e. The molecule has 0 bridgehead atoms. The standard InChI is InChI=1S/C9H12N4O2/c1-3-4-10-8(14)7-6(2)13-9(15-7)11-5-12-13/h5H,3-4H2,1-2H3,(H,10,14). The van der Waals surface area contributed by atoms with Gasteiger partial charge in [0.05, 0.1) is 5.69 Å². The molecule has 0 saturated heterocycles. The predicted octanol–water partition coefficient (Wildman–Crippen LogP) is 0.771. The lowest BCUT2D eigenvalue weighted by Crippen LogP contribution is -2.24. The van der Waals surface area contributed by atoms with E-state index >= 15 is 0 Å². The number of aryl methyl sites for hydroxylation is 1. The van der Waals surface area contributed by atoms with Crippen molar-refractivity contribution in [3.63, 3.8) is 0 Å². The number of nitrogens with one attached hydrogen (secondary N) is 1. The van der Waals surface area contributed by atoms with E-state index in [1.807, 2.05) is 6.92 Å². The number of rotatable bonds is 3. The maximum Gasteiger partial charge on any atom is 0.325 e. The molecular weight excluding hydrogens is 196 g/mol. The zero-order valence-corrected chi connectivity index (χ0v) is 8.65. The molecule has 0 atom stereocenters. The summed E-state index contributed by atoms with van der Waals surface area (Å²) in [6.45, 7) is 4.39. The van der Waals surface area contributed by atoms with Crippen LogP contribution < -0.4 is 5.32 Å². The van der Waals surface area contributed by atoms with E-state index in [1.54, 1.807) is 6.92 Å². The van der Waals surface area contributed by atoms with E-state index in [1.165, 1.54) is 10.8 Å². The number of aromatic nitrogens is 3. The van der Waals surface area contributed by atoms with Gasteiger partial charge in [-0.1, -0.05) is 6.92 Å². The summed E-state index contributed by atoms with van der Waals surface area (Å²) >= 11 is 0. The van der Waals surface area contributed by atoms with Gasteiger partial charge in [0.1, 0.15) is 6.33 Å². The fourth-order valence-electron chi connectivity index (χ4n) is 1.32. The summed E-state index contributed by atoms with van der Waals surface area (Å²) in [4.78, 5) is 15.5. The number of oxazole rings is 1. The lowest BCUT2D eigenvalue weighted by Gasteiger charge is -1.99. The molecule has 2 rings (SSSR count). The van der Waals surface area contributed by atoms with Crippen molar-refractivity contribution in [3.05, 3.63) is 17.8 Å². The summed E-state index contributed by atoms with van der Waals surface area (Å²) in [5.74, 6) is 0.398. The van der Waals surface area contributed by atoms with E-state index in [2.05, 4.69) is 15.4 Å². The first-order chi connectivity index (χ1) is 7.24. The smallest absolute Gasteiger partial charge is 0.325 e. The molecule has 0 spiro atoms. The second-order valence-corrected chi connectivity index (χ2v) is 3.23. The van der Waals surface area contributed by atoms with Crippen LogP contribution in [0.1, 0.15) is 29.6 Å². The molecular formula is C9H12N4O2. The molecule has 0 unspecified atom stereocenters. The van der Waals surface area contributed by atoms with Gasteiger partial charge in [-0.25, -0.2) is 0 Å². The molecule has 2 aromatic heterocycles. The number of amides is 1. The van der Waals surface area contributed by atoms with Crippen LogP contribution in [0.15, 0.2) is 10.7 Å². The van der Waals surface area contributed by atoms with Gasteiger partial charge in [-0.3, -0.25) is 4.79 Å². The number of nitrogens with zero attached hydrogens (tertiary/aromatic N) is 3. The van der Waals surface area contributed by atoms with E-state index in [0.29, 0.717) is 18.1 Å². The highest BCUT2D eigenvalue weighted by Crippen LogP contribution is 2.12. The molecule has 0 saturated carbocycles. The first-order valence-electron chi connectivity index (χ1n) is 4.81. The molecule has 6 nitrogen and oxygen atoms in total. The summed E-state index contributed by atoms with van der Waals surface area (Å²) in [7, 11) is 0. The Bertz CT molecular complexity index is 485. The zero-order valence-electron chi connectivity index (χ0n) is 8.65. The first kappa shape index (κ1) is 9.70. The predicted molar refractivity (Wildman–Crippen MR) is 52.6 cm³/mol. The molecule has 80 valence electrons. The molecule has 0 radical (unpaired) electrons. The van der Waals surface area contributed by atoms with Crippen molar-refractivity contribution < 1.29 is 9.21 Å². The van der Waals surface area contributed by atoms with E-state index in [0.717, 1.165) is 6.42 Å². The molecule has 2 aromatic rings. The fourth-order valence-corrected chi connectivity index (χ4v) is 1.32. The highest BCUT2D eigenvalue weighted by molar-refractivity contribution is 5.92. The molecule has 0 aromatic carbocycles. The molecule has 1 N–H and O–H groups in total. The second-order valence-electron chi connectivity index (χ2n) is 3.23. The SMILES string of the molecule is CCCNC(=O)c1oc2ncnn2c1C. The molecule has 6 heteroatoms. The van der Waals surface area contributed by atoms with Crippen molar-refractivity contribution in [1.82, 2.24) is 19.9 Å². The van der Waals surface area contributed by atoms with E-state index in [-0.39, 0.29) is 11.7 Å². The lowest BCUT2D eigenvalue weighted by molar-refractivity contribution is 0.0927. The van der Waals surface area contributed by atoms with Crippen LogP contribution in [0, 0.1) is 6.92 Å². The van der Waals surface area contributed by atoms with Crippen LogP contribution in [0.25, 0.3) is 5.84 Å². The van der Waals surface area contributed by atoms with Crippen LogP contribution in [-0.2, 0) is 0 Å². The van der Waals surface area contributed by atoms with Crippen LogP contribution in [-0.4, -0.2) is 27.0 Å². The molecule has 1 amide bonds. The largest absolute Gasteiger partial charge is 0.416 e. The van der Waals surface area contributed by atoms with Crippen molar-refractivity contribution in [1.29, 1.82) is 0 Å². The Morgan fingerprint density at radius 1 is 1.67 bits per heavy atom. The Labute approximate surface area is 86.3 Å². The number of fused-ring (bicyclic) bond motifs is 1. The number of hydrogen-bond donors (Lipinski definition) is 1. The maximum atomic E-state index is 11.6. The van der Waals surface area contributed by atoms with Gasteiger partial charge in [-0.15, -0.1) is 0 Å². The van der Waals surface area contributed by atoms with E-state index in [9.17, 15) is 4.79 Å². The number of hydrogen-bond acceptors (Lipinski definition) is 4. The number of carbonyl (C=O) groups is 1. The highest BCUT2D eigenvalue weighted by atomic mass is 16.4. The molecule has 0 aliphatic heterocycles. The van der Waals surface area contributed by atoms with Crippen LogP contribution in [0.2, 0.25) is 0 Å². The maximum absolute atomic E-state index is 11.6. The van der Waals surface area contributed by atoms with E-state index in [4.69, 9.17) is 4.42 Å². The summed E-state index contributed by atoms with van der Waals surface area (Å²) < 4.78 is 6.78. The first-order valence-corrected chi connectivity index (χ1v) is 4.81. The molecule has 2 heterocycles. The van der Waals surface area contributed by atoms with Crippen molar-refractivity contribution in [2.45, 2.75) is 20.3 Å².